The zero-order valence-electron chi connectivity index (χ0n) is 24.2. The molecule has 210 valence electrons. The van der Waals surface area contributed by atoms with Gasteiger partial charge in [-0.3, -0.25) is 0 Å². The highest BCUT2D eigenvalue weighted by atomic mass is 32.1. The fourth-order valence-electron chi connectivity index (χ4n) is 7.18. The number of benzene rings is 8. The van der Waals surface area contributed by atoms with Crippen molar-refractivity contribution in [3.05, 3.63) is 152 Å². The quantitative estimate of drug-likeness (QED) is 0.203. The molecule has 0 saturated carbocycles. The Labute approximate surface area is 263 Å². The molecule has 10 aromatic rings. The van der Waals surface area contributed by atoms with Crippen LogP contribution in [-0.2, 0) is 0 Å². The third-order valence-corrected chi connectivity index (χ3v) is 10.4. The first-order valence-electron chi connectivity index (χ1n) is 15.3. The van der Waals surface area contributed by atoms with Gasteiger partial charge in [-0.2, -0.15) is 0 Å². The molecule has 0 amide bonds. The molecular formula is C42H25NOS. The van der Waals surface area contributed by atoms with Gasteiger partial charge in [0.15, 0.2) is 5.58 Å². The first-order chi connectivity index (χ1) is 22.3. The molecule has 2 heterocycles. The Morgan fingerprint density at radius 3 is 1.89 bits per heavy atom. The summed E-state index contributed by atoms with van der Waals surface area (Å²) in [6.45, 7) is 0. The van der Waals surface area contributed by atoms with Crippen LogP contribution in [0.15, 0.2) is 156 Å². The van der Waals surface area contributed by atoms with Crippen molar-refractivity contribution in [3.63, 3.8) is 0 Å². The summed E-state index contributed by atoms with van der Waals surface area (Å²) in [4.78, 5) is 2.40. The number of hydrogen-bond acceptors (Lipinski definition) is 3. The van der Waals surface area contributed by atoms with Gasteiger partial charge in [0.05, 0.1) is 16.1 Å². The van der Waals surface area contributed by atoms with Gasteiger partial charge in [-0.15, -0.1) is 11.3 Å². The van der Waals surface area contributed by atoms with Gasteiger partial charge in [0.25, 0.3) is 0 Å². The minimum absolute atomic E-state index is 0.889. The SMILES string of the molecule is c1ccc2cc(N(c3cccc4c3oc3ccc5ccccc5c34)c3cccc4c3sc3ccc5ccccc5c34)ccc2c1. The predicted molar refractivity (Wildman–Crippen MR) is 194 cm³/mol. The largest absolute Gasteiger partial charge is 0.454 e. The van der Waals surface area contributed by atoms with Crippen LogP contribution in [0.2, 0.25) is 0 Å². The summed E-state index contributed by atoms with van der Waals surface area (Å²) >= 11 is 1.86. The van der Waals surface area contributed by atoms with E-state index in [-0.39, 0.29) is 0 Å². The Kier molecular flexibility index (Phi) is 5.19. The Bertz CT molecular complexity index is 2630. The van der Waals surface area contributed by atoms with Crippen LogP contribution in [0.25, 0.3) is 74.4 Å². The molecule has 2 aromatic heterocycles. The van der Waals surface area contributed by atoms with Gasteiger partial charge in [-0.25, -0.2) is 0 Å². The smallest absolute Gasteiger partial charge is 0.159 e. The van der Waals surface area contributed by atoms with Crippen LogP contribution >= 0.6 is 11.3 Å². The van der Waals surface area contributed by atoms with E-state index in [0.717, 1.165) is 39.0 Å². The summed E-state index contributed by atoms with van der Waals surface area (Å²) in [5.41, 5.74) is 5.06. The molecule has 0 saturated heterocycles. The molecule has 0 spiro atoms. The first kappa shape index (κ1) is 24.8. The third kappa shape index (κ3) is 3.62. The molecule has 0 atom stereocenters. The second kappa shape index (κ2) is 9.43. The summed E-state index contributed by atoms with van der Waals surface area (Å²) < 4.78 is 9.35. The van der Waals surface area contributed by atoms with Crippen molar-refractivity contribution in [2.45, 2.75) is 0 Å². The zero-order chi connectivity index (χ0) is 29.5. The first-order valence-corrected chi connectivity index (χ1v) is 16.1. The highest BCUT2D eigenvalue weighted by Gasteiger charge is 2.23. The van der Waals surface area contributed by atoms with Crippen LogP contribution in [0, 0.1) is 0 Å². The van der Waals surface area contributed by atoms with Crippen molar-refractivity contribution in [1.29, 1.82) is 0 Å². The van der Waals surface area contributed by atoms with Crippen molar-refractivity contribution >= 4 is 103 Å². The number of furan rings is 1. The van der Waals surface area contributed by atoms with Crippen LogP contribution in [0.3, 0.4) is 0 Å². The van der Waals surface area contributed by atoms with Crippen LogP contribution < -0.4 is 4.90 Å². The normalized spacial score (nSPS) is 12.0. The van der Waals surface area contributed by atoms with E-state index in [1.807, 2.05) is 11.3 Å². The third-order valence-electron chi connectivity index (χ3n) is 9.21. The van der Waals surface area contributed by atoms with Crippen LogP contribution in [0.5, 0.6) is 0 Å². The van der Waals surface area contributed by atoms with Gasteiger partial charge in [0.2, 0.25) is 0 Å². The van der Waals surface area contributed by atoms with E-state index >= 15 is 0 Å². The van der Waals surface area contributed by atoms with Crippen molar-refractivity contribution in [3.8, 4) is 0 Å². The van der Waals surface area contributed by atoms with E-state index in [4.69, 9.17) is 4.42 Å². The lowest BCUT2D eigenvalue weighted by atomic mass is 10.0. The van der Waals surface area contributed by atoms with Gasteiger partial charge < -0.3 is 9.32 Å². The van der Waals surface area contributed by atoms with Crippen LogP contribution in [0.1, 0.15) is 0 Å². The zero-order valence-corrected chi connectivity index (χ0v) is 25.0. The molecule has 8 aromatic carbocycles. The second-order valence-corrected chi connectivity index (χ2v) is 12.8. The molecule has 0 aliphatic carbocycles. The molecule has 10 rings (SSSR count). The molecule has 0 fully saturated rings. The molecule has 2 nitrogen and oxygen atoms in total. The summed E-state index contributed by atoms with van der Waals surface area (Å²) in [5.74, 6) is 0. The molecule has 3 heteroatoms. The van der Waals surface area contributed by atoms with Gasteiger partial charge in [-0.05, 0) is 68.7 Å². The van der Waals surface area contributed by atoms with Crippen LogP contribution in [0.4, 0.5) is 17.1 Å². The maximum atomic E-state index is 6.79. The molecule has 0 N–H and O–H groups in total. The lowest BCUT2D eigenvalue weighted by Gasteiger charge is -2.26. The van der Waals surface area contributed by atoms with E-state index < -0.39 is 0 Å². The summed E-state index contributed by atoms with van der Waals surface area (Å²) in [5, 5.41) is 12.3. The summed E-state index contributed by atoms with van der Waals surface area (Å²) in [6.07, 6.45) is 0. The fourth-order valence-corrected chi connectivity index (χ4v) is 8.40. The number of hydrogen-bond donors (Lipinski definition) is 0. The lowest BCUT2D eigenvalue weighted by molar-refractivity contribution is 0.669. The Hall–Kier alpha value is -5.64. The van der Waals surface area contributed by atoms with Crippen molar-refractivity contribution in [2.75, 3.05) is 4.90 Å². The number of nitrogens with zero attached hydrogens (tertiary/aromatic N) is 1. The van der Waals surface area contributed by atoms with Gasteiger partial charge in [0.1, 0.15) is 5.58 Å². The highest BCUT2D eigenvalue weighted by molar-refractivity contribution is 7.26. The van der Waals surface area contributed by atoms with Crippen molar-refractivity contribution < 1.29 is 4.42 Å². The molecule has 45 heavy (non-hydrogen) atoms. The molecule has 0 aliphatic rings. The maximum Gasteiger partial charge on any atom is 0.159 e. The Morgan fingerprint density at radius 1 is 0.444 bits per heavy atom. The number of para-hydroxylation sites is 1. The van der Waals surface area contributed by atoms with Gasteiger partial charge >= 0.3 is 0 Å². The minimum atomic E-state index is 0.889. The predicted octanol–water partition coefficient (Wildman–Crippen LogP) is 12.9. The molecule has 0 unspecified atom stereocenters. The molecule has 0 radical (unpaired) electrons. The molecule has 0 aliphatic heterocycles. The van der Waals surface area contributed by atoms with E-state index in [9.17, 15) is 0 Å². The number of anilines is 3. The maximum absolute atomic E-state index is 6.79. The van der Waals surface area contributed by atoms with E-state index in [1.165, 1.54) is 52.5 Å². The topological polar surface area (TPSA) is 16.4 Å². The average Bonchev–Trinajstić information content (AvgIpc) is 3.68. The Balaban J connectivity index is 1.32. The fraction of sp³-hybridized carbons (Fsp3) is 0. The van der Waals surface area contributed by atoms with E-state index in [1.54, 1.807) is 0 Å². The average molecular weight is 592 g/mol. The monoisotopic (exact) mass is 591 g/mol. The van der Waals surface area contributed by atoms with Crippen molar-refractivity contribution in [1.82, 2.24) is 0 Å². The number of thiophene rings is 1. The second-order valence-electron chi connectivity index (χ2n) is 11.7. The summed E-state index contributed by atoms with van der Waals surface area (Å²) in [7, 11) is 0. The number of fused-ring (bicyclic) bond motifs is 11. The van der Waals surface area contributed by atoms with Gasteiger partial charge in [-0.1, -0.05) is 115 Å². The highest BCUT2D eigenvalue weighted by Crippen LogP contribution is 2.49. The number of rotatable bonds is 3. The lowest BCUT2D eigenvalue weighted by Crippen LogP contribution is -2.10. The summed E-state index contributed by atoms with van der Waals surface area (Å²) in [6, 6.07) is 54.7. The molecular weight excluding hydrogens is 567 g/mol. The van der Waals surface area contributed by atoms with Crippen LogP contribution in [-0.4, -0.2) is 0 Å². The van der Waals surface area contributed by atoms with Gasteiger partial charge in [0, 0.05) is 31.9 Å². The van der Waals surface area contributed by atoms with Crippen molar-refractivity contribution in [2.24, 2.45) is 0 Å². The van der Waals surface area contributed by atoms with E-state index in [2.05, 4.69) is 157 Å². The standard InChI is InChI=1S/C42H25NOS/c1-2-12-29-25-30(22-19-26(29)9-1)43(35-17-7-15-33-39-31-13-5-3-10-27(31)20-23-37(39)44-41(33)35)36-18-8-16-34-40-32-14-6-4-11-28(32)21-24-38(40)45-42(34)36/h1-25H. The minimum Gasteiger partial charge on any atom is -0.454 e. The molecule has 0 bridgehead atoms. The Morgan fingerprint density at radius 2 is 1.07 bits per heavy atom. The van der Waals surface area contributed by atoms with E-state index in [0.29, 0.717) is 0 Å².